The molecule has 1 rings (SSSR count). The number of rotatable bonds is 6. The third-order valence-corrected chi connectivity index (χ3v) is 3.67. The van der Waals surface area contributed by atoms with E-state index in [9.17, 15) is 0 Å². The first-order chi connectivity index (χ1) is 7.50. The maximum absolute atomic E-state index is 4.49. The van der Waals surface area contributed by atoms with Gasteiger partial charge in [0, 0.05) is 30.6 Å². The molecule has 0 fully saturated rings. The topological polar surface area (TPSA) is 28.2 Å². The molecule has 3 nitrogen and oxygen atoms in total. The highest BCUT2D eigenvalue weighted by atomic mass is 32.1. The molecular weight excluding hydrogens is 218 g/mol. The van der Waals surface area contributed by atoms with Gasteiger partial charge in [0.05, 0.1) is 10.7 Å². The maximum Gasteiger partial charge on any atom is 0.0898 e. The van der Waals surface area contributed by atoms with E-state index in [1.54, 1.807) is 11.3 Å². The summed E-state index contributed by atoms with van der Waals surface area (Å²) in [5.74, 6) is 0. The van der Waals surface area contributed by atoms with Gasteiger partial charge in [-0.15, -0.1) is 11.3 Å². The summed E-state index contributed by atoms with van der Waals surface area (Å²) in [5, 5.41) is 6.78. The van der Waals surface area contributed by atoms with Crippen LogP contribution in [0.1, 0.15) is 37.5 Å². The number of aryl methyl sites for hydroxylation is 1. The SMILES string of the molecule is Cc1nc(C(C)NCCN(C)C(C)C)cs1. The smallest absolute Gasteiger partial charge is 0.0898 e. The molecule has 0 aromatic carbocycles. The van der Waals surface area contributed by atoms with Crippen molar-refractivity contribution in [3.8, 4) is 0 Å². The fourth-order valence-electron chi connectivity index (χ4n) is 1.40. The van der Waals surface area contributed by atoms with Crippen molar-refractivity contribution in [3.63, 3.8) is 0 Å². The minimum absolute atomic E-state index is 0.352. The summed E-state index contributed by atoms with van der Waals surface area (Å²) in [7, 11) is 2.16. The molecule has 0 aliphatic heterocycles. The third-order valence-electron chi connectivity index (χ3n) is 2.88. The molecule has 92 valence electrons. The van der Waals surface area contributed by atoms with Gasteiger partial charge in [-0.3, -0.25) is 0 Å². The zero-order valence-electron chi connectivity index (χ0n) is 10.9. The molecule has 1 unspecified atom stereocenters. The number of nitrogens with zero attached hydrogens (tertiary/aromatic N) is 2. The minimum Gasteiger partial charge on any atom is -0.308 e. The van der Waals surface area contributed by atoms with Gasteiger partial charge in [0.2, 0.25) is 0 Å². The van der Waals surface area contributed by atoms with E-state index in [0.29, 0.717) is 12.1 Å². The Morgan fingerprint density at radius 1 is 1.44 bits per heavy atom. The molecule has 0 bridgehead atoms. The fourth-order valence-corrected chi connectivity index (χ4v) is 2.11. The van der Waals surface area contributed by atoms with E-state index in [4.69, 9.17) is 0 Å². The molecule has 0 spiro atoms. The van der Waals surface area contributed by atoms with Crippen LogP contribution in [0, 0.1) is 6.92 Å². The van der Waals surface area contributed by atoms with Crippen molar-refractivity contribution in [1.82, 2.24) is 15.2 Å². The van der Waals surface area contributed by atoms with Crippen molar-refractivity contribution >= 4 is 11.3 Å². The van der Waals surface area contributed by atoms with Gasteiger partial charge in [-0.1, -0.05) is 0 Å². The number of hydrogen-bond donors (Lipinski definition) is 1. The average molecular weight is 241 g/mol. The summed E-state index contributed by atoms with van der Waals surface area (Å²) in [6, 6.07) is 0.962. The first-order valence-corrected chi connectivity index (χ1v) is 6.74. The molecule has 1 atom stereocenters. The van der Waals surface area contributed by atoms with Crippen LogP contribution in [-0.4, -0.2) is 36.1 Å². The Kier molecular flexibility index (Phi) is 5.38. The second-order valence-electron chi connectivity index (χ2n) is 4.54. The van der Waals surface area contributed by atoms with Crippen molar-refractivity contribution in [2.45, 2.75) is 39.8 Å². The van der Waals surface area contributed by atoms with Crippen molar-refractivity contribution in [2.24, 2.45) is 0 Å². The van der Waals surface area contributed by atoms with Crippen LogP contribution in [0.5, 0.6) is 0 Å². The summed E-state index contributed by atoms with van der Waals surface area (Å²) in [5.41, 5.74) is 1.16. The molecule has 1 heterocycles. The van der Waals surface area contributed by atoms with Crippen LogP contribution in [0.4, 0.5) is 0 Å². The highest BCUT2D eigenvalue weighted by Crippen LogP contribution is 2.15. The lowest BCUT2D eigenvalue weighted by molar-refractivity contribution is 0.270. The van der Waals surface area contributed by atoms with Crippen LogP contribution in [0.2, 0.25) is 0 Å². The molecule has 0 radical (unpaired) electrons. The zero-order valence-corrected chi connectivity index (χ0v) is 11.8. The van der Waals surface area contributed by atoms with E-state index in [1.165, 1.54) is 0 Å². The van der Waals surface area contributed by atoms with Crippen LogP contribution in [0.15, 0.2) is 5.38 Å². The molecule has 0 aliphatic carbocycles. The van der Waals surface area contributed by atoms with Crippen molar-refractivity contribution in [3.05, 3.63) is 16.1 Å². The first kappa shape index (κ1) is 13.6. The number of nitrogens with one attached hydrogen (secondary N) is 1. The van der Waals surface area contributed by atoms with Crippen LogP contribution >= 0.6 is 11.3 Å². The second-order valence-corrected chi connectivity index (χ2v) is 5.60. The Hall–Kier alpha value is -0.450. The van der Waals surface area contributed by atoms with Gasteiger partial charge >= 0.3 is 0 Å². The predicted octanol–water partition coefficient (Wildman–Crippen LogP) is 2.44. The Morgan fingerprint density at radius 2 is 2.12 bits per heavy atom. The predicted molar refractivity (Wildman–Crippen MR) is 71.0 cm³/mol. The van der Waals surface area contributed by atoms with E-state index >= 15 is 0 Å². The molecule has 1 aromatic rings. The van der Waals surface area contributed by atoms with Crippen molar-refractivity contribution in [1.29, 1.82) is 0 Å². The van der Waals surface area contributed by atoms with Gasteiger partial charge in [0.15, 0.2) is 0 Å². The Labute approximate surface area is 103 Å². The van der Waals surface area contributed by atoms with Gasteiger partial charge in [-0.25, -0.2) is 4.98 Å². The Bertz CT molecular complexity index is 309. The summed E-state index contributed by atoms with van der Waals surface area (Å²) in [6.45, 7) is 10.7. The number of likely N-dealkylation sites (N-methyl/N-ethyl adjacent to an activating group) is 1. The molecule has 0 aliphatic rings. The van der Waals surface area contributed by atoms with Gasteiger partial charge in [-0.2, -0.15) is 0 Å². The Morgan fingerprint density at radius 3 is 2.62 bits per heavy atom. The molecule has 0 amide bonds. The first-order valence-electron chi connectivity index (χ1n) is 5.86. The number of aromatic nitrogens is 1. The zero-order chi connectivity index (χ0) is 12.1. The van der Waals surface area contributed by atoms with Gasteiger partial charge < -0.3 is 10.2 Å². The lowest BCUT2D eigenvalue weighted by Crippen LogP contribution is -2.34. The molecule has 16 heavy (non-hydrogen) atoms. The van der Waals surface area contributed by atoms with Gasteiger partial charge in [-0.05, 0) is 34.7 Å². The molecule has 4 heteroatoms. The van der Waals surface area contributed by atoms with Gasteiger partial charge in [0.1, 0.15) is 0 Å². The largest absolute Gasteiger partial charge is 0.308 e. The highest BCUT2D eigenvalue weighted by molar-refractivity contribution is 7.09. The Balaban J connectivity index is 2.28. The number of hydrogen-bond acceptors (Lipinski definition) is 4. The lowest BCUT2D eigenvalue weighted by atomic mass is 10.2. The van der Waals surface area contributed by atoms with E-state index in [2.05, 4.69) is 48.4 Å². The third kappa shape index (κ3) is 4.20. The highest BCUT2D eigenvalue weighted by Gasteiger charge is 2.08. The summed E-state index contributed by atoms with van der Waals surface area (Å²) in [6.07, 6.45) is 0. The summed E-state index contributed by atoms with van der Waals surface area (Å²) in [4.78, 5) is 6.83. The minimum atomic E-state index is 0.352. The van der Waals surface area contributed by atoms with Crippen molar-refractivity contribution in [2.75, 3.05) is 20.1 Å². The molecule has 1 aromatic heterocycles. The second kappa shape index (κ2) is 6.33. The fraction of sp³-hybridized carbons (Fsp3) is 0.750. The van der Waals surface area contributed by atoms with E-state index in [-0.39, 0.29) is 0 Å². The summed E-state index contributed by atoms with van der Waals surface area (Å²) < 4.78 is 0. The average Bonchev–Trinajstić information content (AvgIpc) is 2.64. The van der Waals surface area contributed by atoms with Crippen LogP contribution in [0.25, 0.3) is 0 Å². The molecule has 1 N–H and O–H groups in total. The van der Waals surface area contributed by atoms with Crippen LogP contribution in [-0.2, 0) is 0 Å². The van der Waals surface area contributed by atoms with E-state index in [1.807, 2.05) is 6.92 Å². The summed E-state index contributed by atoms with van der Waals surface area (Å²) >= 11 is 1.72. The lowest BCUT2D eigenvalue weighted by Gasteiger charge is -2.22. The van der Waals surface area contributed by atoms with Crippen molar-refractivity contribution < 1.29 is 0 Å². The van der Waals surface area contributed by atoms with Crippen LogP contribution < -0.4 is 5.32 Å². The monoisotopic (exact) mass is 241 g/mol. The van der Waals surface area contributed by atoms with E-state index in [0.717, 1.165) is 23.8 Å². The standard InChI is InChI=1S/C12H23N3S/c1-9(2)15(5)7-6-13-10(3)12-8-16-11(4)14-12/h8-10,13H,6-7H2,1-5H3. The normalized spacial score (nSPS) is 13.7. The quantitative estimate of drug-likeness (QED) is 0.829. The molecule has 0 saturated carbocycles. The molecular formula is C12H23N3S. The maximum atomic E-state index is 4.49. The van der Waals surface area contributed by atoms with Crippen LogP contribution in [0.3, 0.4) is 0 Å². The van der Waals surface area contributed by atoms with E-state index < -0.39 is 0 Å². The van der Waals surface area contributed by atoms with Gasteiger partial charge in [0.25, 0.3) is 0 Å². The molecule has 0 saturated heterocycles. The number of thiazole rings is 1.